The Morgan fingerprint density at radius 1 is 0.479 bits per heavy atom. The van der Waals surface area contributed by atoms with Crippen molar-refractivity contribution in [1.82, 2.24) is 50.7 Å². The van der Waals surface area contributed by atoms with Crippen LogP contribution in [-0.2, 0) is 52.4 Å². The van der Waals surface area contributed by atoms with Gasteiger partial charge in [0, 0.05) is 153 Å². The lowest BCUT2D eigenvalue weighted by Gasteiger charge is -2.34. The SMILES string of the molecule is CN(C)C(=NCCCNC(=O)CCOCC(COCCC(=O)NCCCN=C(N(C)C)N1CCOCC1)(COCCC(=O)NCCCN=C(N(C)C)N1CCOCC1)NC(=O)CCCC(=O)O)N1CCOCC1. The second-order valence-corrected chi connectivity index (χ2v) is 18.6. The summed E-state index contributed by atoms with van der Waals surface area (Å²) < 4.78 is 34.5. The molecule has 73 heavy (non-hydrogen) atoms. The molecule has 0 unspecified atom stereocenters. The Balaban J connectivity index is 1.57. The highest BCUT2D eigenvalue weighted by Gasteiger charge is 2.34. The minimum atomic E-state index is -1.32. The van der Waals surface area contributed by atoms with Crippen LogP contribution in [0.4, 0.5) is 0 Å². The fourth-order valence-electron chi connectivity index (χ4n) is 7.87. The van der Waals surface area contributed by atoms with Gasteiger partial charge in [-0.05, 0) is 25.7 Å². The van der Waals surface area contributed by atoms with Gasteiger partial charge in [0.05, 0.1) is 79.3 Å². The van der Waals surface area contributed by atoms with Crippen LogP contribution in [0.3, 0.4) is 0 Å². The molecule has 25 nitrogen and oxygen atoms in total. The van der Waals surface area contributed by atoms with Crippen LogP contribution in [0.25, 0.3) is 0 Å². The third kappa shape index (κ3) is 27.2. The summed E-state index contributed by atoms with van der Waals surface area (Å²) in [5.74, 6) is 0.498. The average molecular weight is 1040 g/mol. The van der Waals surface area contributed by atoms with Gasteiger partial charge < -0.3 is 84.2 Å². The van der Waals surface area contributed by atoms with Gasteiger partial charge in [-0.25, -0.2) is 0 Å². The highest BCUT2D eigenvalue weighted by molar-refractivity contribution is 5.81. The third-order valence-corrected chi connectivity index (χ3v) is 11.6. The van der Waals surface area contributed by atoms with Gasteiger partial charge in [0.2, 0.25) is 23.6 Å². The van der Waals surface area contributed by atoms with E-state index >= 15 is 0 Å². The Labute approximate surface area is 433 Å². The molecule has 0 atom stereocenters. The summed E-state index contributed by atoms with van der Waals surface area (Å²) in [6, 6.07) is 0. The molecule has 3 rings (SSSR count). The van der Waals surface area contributed by atoms with Crippen molar-refractivity contribution >= 4 is 47.5 Å². The highest BCUT2D eigenvalue weighted by atomic mass is 16.5. The van der Waals surface area contributed by atoms with Crippen LogP contribution < -0.4 is 21.3 Å². The molecule has 0 aromatic heterocycles. The van der Waals surface area contributed by atoms with E-state index in [0.717, 1.165) is 57.1 Å². The van der Waals surface area contributed by atoms with Gasteiger partial charge in [0.15, 0.2) is 17.9 Å². The van der Waals surface area contributed by atoms with Crippen LogP contribution in [0.15, 0.2) is 15.0 Å². The molecule has 0 spiro atoms. The van der Waals surface area contributed by atoms with Gasteiger partial charge in [-0.3, -0.25) is 38.9 Å². The van der Waals surface area contributed by atoms with E-state index in [4.69, 9.17) is 43.4 Å². The Morgan fingerprint density at radius 2 is 0.795 bits per heavy atom. The topological polar surface area (TPSA) is 266 Å². The second-order valence-electron chi connectivity index (χ2n) is 18.6. The predicted octanol–water partition coefficient (Wildman–Crippen LogP) is -1.42. The van der Waals surface area contributed by atoms with Gasteiger partial charge in [0.1, 0.15) is 5.54 Å². The van der Waals surface area contributed by atoms with Gasteiger partial charge in [-0.1, -0.05) is 0 Å². The molecule has 25 heteroatoms. The molecule has 4 amide bonds. The molecule has 3 heterocycles. The maximum atomic E-state index is 13.4. The minimum Gasteiger partial charge on any atom is -0.481 e. The van der Waals surface area contributed by atoms with Crippen LogP contribution in [-0.4, -0.2) is 288 Å². The lowest BCUT2D eigenvalue weighted by Crippen LogP contribution is -2.58. The Kier molecular flexibility index (Phi) is 31.3. The van der Waals surface area contributed by atoms with Gasteiger partial charge in [-0.2, -0.15) is 0 Å². The number of hydrogen-bond acceptors (Lipinski definition) is 14. The summed E-state index contributed by atoms with van der Waals surface area (Å²) in [4.78, 5) is 89.9. The summed E-state index contributed by atoms with van der Waals surface area (Å²) in [5, 5.41) is 20.9. The first-order valence-corrected chi connectivity index (χ1v) is 25.9. The van der Waals surface area contributed by atoms with Crippen LogP contribution in [0.1, 0.15) is 57.8 Å². The fraction of sp³-hybridized carbons (Fsp3) is 0.833. The number of nitrogens with one attached hydrogen (secondary N) is 4. The zero-order valence-corrected chi connectivity index (χ0v) is 44.8. The summed E-state index contributed by atoms with van der Waals surface area (Å²) >= 11 is 0. The molecule has 0 aromatic rings. The lowest BCUT2D eigenvalue weighted by atomic mass is 10.0. The molecule has 0 aliphatic carbocycles. The van der Waals surface area contributed by atoms with Gasteiger partial charge in [-0.15, -0.1) is 0 Å². The quantitative estimate of drug-likeness (QED) is 0.0294. The van der Waals surface area contributed by atoms with E-state index in [1.165, 1.54) is 0 Å². The highest BCUT2D eigenvalue weighted by Crippen LogP contribution is 2.13. The molecular weight excluding hydrogens is 951 g/mol. The van der Waals surface area contributed by atoms with Crippen LogP contribution in [0, 0.1) is 0 Å². The second kappa shape index (κ2) is 36.8. The predicted molar refractivity (Wildman–Crippen MR) is 277 cm³/mol. The lowest BCUT2D eigenvalue weighted by molar-refractivity contribution is -0.137. The molecule has 0 saturated carbocycles. The van der Waals surface area contributed by atoms with Crippen molar-refractivity contribution in [1.29, 1.82) is 0 Å². The number of carboxylic acids is 1. The van der Waals surface area contributed by atoms with Crippen molar-refractivity contribution in [3.05, 3.63) is 0 Å². The Morgan fingerprint density at radius 3 is 1.08 bits per heavy atom. The number of hydrogen-bond donors (Lipinski definition) is 5. The third-order valence-electron chi connectivity index (χ3n) is 11.6. The van der Waals surface area contributed by atoms with Gasteiger partial charge in [0.25, 0.3) is 0 Å². The Hall–Kier alpha value is -5.08. The molecule has 0 bridgehead atoms. The molecule has 3 saturated heterocycles. The molecule has 3 aliphatic rings. The number of ether oxygens (including phenoxy) is 6. The first kappa shape index (κ1) is 62.2. The number of carboxylic acid groups (broad SMARTS) is 1. The number of carbonyl (C=O) groups is 5. The van der Waals surface area contributed by atoms with Crippen molar-refractivity contribution in [2.45, 2.75) is 63.3 Å². The Bertz CT molecular complexity index is 1540. The molecule has 3 aliphatic heterocycles. The summed E-state index contributed by atoms with van der Waals surface area (Å²) in [7, 11) is 11.7. The number of amides is 4. The largest absolute Gasteiger partial charge is 0.481 e. The number of aliphatic carboxylic acids is 1. The van der Waals surface area contributed by atoms with E-state index in [2.05, 4.69) is 36.0 Å². The molecule has 0 radical (unpaired) electrons. The van der Waals surface area contributed by atoms with Crippen LogP contribution in [0.2, 0.25) is 0 Å². The summed E-state index contributed by atoms with van der Waals surface area (Å²) in [6.07, 6.45) is 1.83. The van der Waals surface area contributed by atoms with E-state index in [0.29, 0.717) is 98.2 Å². The number of morpholine rings is 3. The monoisotopic (exact) mass is 1040 g/mol. The van der Waals surface area contributed by atoms with Gasteiger partial charge >= 0.3 is 5.97 Å². The molecule has 0 aromatic carbocycles. The number of carbonyl (C=O) groups excluding carboxylic acids is 4. The van der Waals surface area contributed by atoms with E-state index in [1.807, 2.05) is 57.0 Å². The smallest absolute Gasteiger partial charge is 0.303 e. The minimum absolute atomic E-state index is 0.00625. The van der Waals surface area contributed by atoms with Crippen molar-refractivity contribution in [3.63, 3.8) is 0 Å². The number of aliphatic imine (C=N–C) groups is 3. The maximum absolute atomic E-state index is 13.4. The van der Waals surface area contributed by atoms with Crippen molar-refractivity contribution in [2.75, 3.05) is 200 Å². The standard InChI is InChI=1S/C48H89N13O12/c1-56(2)45(59-22-31-68-32-23-59)52-19-8-16-49-40(62)13-28-71-37-48(55-43(65)11-7-12-44(66)67,38-72-29-14-41(63)50-17-9-20-53-46(57(3)4)60-24-33-69-34-25-60)39-73-30-15-42(64)51-18-10-21-54-47(58(5)6)61-26-35-70-36-27-61/h7-39H2,1-6H3,(H,49,62)(H,50,63)(H,51,64)(H,55,65)(H,66,67). The molecule has 5 N–H and O–H groups in total. The van der Waals surface area contributed by atoms with E-state index in [1.54, 1.807) is 0 Å². The van der Waals surface area contributed by atoms with Crippen LogP contribution in [0.5, 0.6) is 0 Å². The van der Waals surface area contributed by atoms with Crippen molar-refractivity contribution in [3.8, 4) is 0 Å². The first-order chi connectivity index (χ1) is 35.2. The maximum Gasteiger partial charge on any atom is 0.303 e. The van der Waals surface area contributed by atoms with E-state index < -0.39 is 17.4 Å². The number of nitrogens with zero attached hydrogens (tertiary/aromatic N) is 9. The van der Waals surface area contributed by atoms with E-state index in [9.17, 15) is 29.1 Å². The summed E-state index contributed by atoms with van der Waals surface area (Å²) in [5.41, 5.74) is -1.32. The zero-order chi connectivity index (χ0) is 53.1. The molecular formula is C48H89N13O12. The van der Waals surface area contributed by atoms with Crippen molar-refractivity contribution < 1.29 is 57.5 Å². The van der Waals surface area contributed by atoms with Crippen molar-refractivity contribution in [2.24, 2.45) is 15.0 Å². The fourth-order valence-corrected chi connectivity index (χ4v) is 7.87. The first-order valence-electron chi connectivity index (χ1n) is 25.9. The number of rotatable bonds is 32. The zero-order valence-electron chi connectivity index (χ0n) is 44.8. The van der Waals surface area contributed by atoms with Crippen LogP contribution >= 0.6 is 0 Å². The molecule has 418 valence electrons. The molecule has 3 fully saturated rings. The number of guanidine groups is 3. The average Bonchev–Trinajstić information content (AvgIpc) is 3.36. The normalized spacial score (nSPS) is 16.6. The summed E-state index contributed by atoms with van der Waals surface area (Å²) in [6.45, 7) is 11.0. The van der Waals surface area contributed by atoms with E-state index in [-0.39, 0.29) is 95.9 Å².